The van der Waals surface area contributed by atoms with Gasteiger partial charge in [-0.1, -0.05) is 93.8 Å². The van der Waals surface area contributed by atoms with Crippen LogP contribution in [0.5, 0.6) is 5.75 Å². The molecule has 0 saturated carbocycles. The Morgan fingerprint density at radius 2 is 1.51 bits per heavy atom. The second-order valence-electron chi connectivity index (χ2n) is 11.5. The van der Waals surface area contributed by atoms with Crippen LogP contribution in [0.3, 0.4) is 0 Å². The molecular weight excluding hydrogens is 710 g/mol. The van der Waals surface area contributed by atoms with Crippen molar-refractivity contribution in [2.24, 2.45) is 0 Å². The number of rotatable bonds is 2. The maximum Gasteiger partial charge on any atom is 0.140 e. The van der Waals surface area contributed by atoms with Gasteiger partial charge in [-0.25, -0.2) is 4.98 Å². The third kappa shape index (κ3) is 3.86. The van der Waals surface area contributed by atoms with Crippen molar-refractivity contribution in [3.05, 3.63) is 132 Å². The van der Waals surface area contributed by atoms with Crippen molar-refractivity contribution in [1.82, 2.24) is 9.97 Å². The molecular formula is C38H30N3OPt-. The van der Waals surface area contributed by atoms with Crippen LogP contribution >= 0.6 is 0 Å². The summed E-state index contributed by atoms with van der Waals surface area (Å²) in [5.74, 6) is 0.558. The molecule has 214 valence electrons. The minimum absolute atomic E-state index is 0. The molecule has 0 bridgehead atoms. The molecule has 0 saturated heterocycles. The van der Waals surface area contributed by atoms with Gasteiger partial charge >= 0.3 is 0 Å². The van der Waals surface area contributed by atoms with Gasteiger partial charge < -0.3 is 10.0 Å². The van der Waals surface area contributed by atoms with E-state index in [9.17, 15) is 5.11 Å². The zero-order chi connectivity index (χ0) is 33.8. The first-order valence-corrected chi connectivity index (χ1v) is 13.9. The van der Waals surface area contributed by atoms with Crippen LogP contribution in [0, 0.1) is 6.07 Å². The Hall–Kier alpha value is -4.27. The van der Waals surface area contributed by atoms with E-state index in [2.05, 4.69) is 43.0 Å². The minimum atomic E-state index is -2.95. The number of hydrogen-bond donors (Lipinski definition) is 1. The molecule has 5 heteroatoms. The maximum atomic E-state index is 11.2. The summed E-state index contributed by atoms with van der Waals surface area (Å²) in [5.41, 5.74) is 3.94. The van der Waals surface area contributed by atoms with Crippen molar-refractivity contribution in [2.75, 3.05) is 4.90 Å². The number of hydrogen-bond acceptors (Lipinski definition) is 4. The molecule has 1 N–H and O–H groups in total. The van der Waals surface area contributed by atoms with Crippen LogP contribution in [0.4, 0.5) is 17.2 Å². The van der Waals surface area contributed by atoms with Crippen LogP contribution in [-0.4, -0.2) is 15.1 Å². The number of pyridine rings is 2. The number of aromatic hydroxyl groups is 1. The molecule has 4 aromatic carbocycles. The predicted molar refractivity (Wildman–Crippen MR) is 170 cm³/mol. The molecule has 0 radical (unpaired) electrons. The van der Waals surface area contributed by atoms with E-state index >= 15 is 0 Å². The van der Waals surface area contributed by atoms with Crippen molar-refractivity contribution in [3.8, 4) is 28.1 Å². The van der Waals surface area contributed by atoms with Crippen LogP contribution in [0.1, 0.15) is 58.0 Å². The number of phenolic OH excluding ortho intramolecular Hbond substituents is 1. The number of aromatic nitrogens is 2. The summed E-state index contributed by atoms with van der Waals surface area (Å²) < 4.78 is 51.8. The standard InChI is InChI=1S/C38H30N3O.Pt/c1-37(2)26-12-6-5-11-24(26)25-22-30(40-36-33(42)19-18-29(37)35(25)36)23-16-17-28-32(21-23)41(34-15-9-10-20-39-34)31-14-8-7-13-27(31)38(28,3)4;/h5-20,22,42H,1-4H3;/q-1;/i1D3,2D3;. The molecule has 1 aliphatic heterocycles. The Morgan fingerprint density at radius 1 is 0.767 bits per heavy atom. The van der Waals surface area contributed by atoms with Gasteiger partial charge in [-0.15, -0.1) is 23.8 Å². The van der Waals surface area contributed by atoms with Crippen LogP contribution in [0.25, 0.3) is 33.3 Å². The van der Waals surface area contributed by atoms with Gasteiger partial charge in [-0.05, 0) is 68.9 Å². The molecule has 1 aliphatic carbocycles. The van der Waals surface area contributed by atoms with E-state index in [-0.39, 0.29) is 48.9 Å². The first-order valence-electron chi connectivity index (χ1n) is 16.9. The molecule has 2 aliphatic rings. The van der Waals surface area contributed by atoms with Gasteiger partial charge in [0.1, 0.15) is 17.1 Å². The predicted octanol–water partition coefficient (Wildman–Crippen LogP) is 9.22. The van der Waals surface area contributed by atoms with E-state index in [1.807, 2.05) is 42.5 Å². The largest absolute Gasteiger partial charge is 0.506 e. The fourth-order valence-corrected chi connectivity index (χ4v) is 6.68. The Balaban J connectivity index is 0.00000378. The zero-order valence-electron chi connectivity index (χ0n) is 29.4. The van der Waals surface area contributed by atoms with Crippen molar-refractivity contribution in [2.45, 2.75) is 38.4 Å². The minimum Gasteiger partial charge on any atom is -0.506 e. The van der Waals surface area contributed by atoms with E-state index in [4.69, 9.17) is 18.2 Å². The first kappa shape index (κ1) is 21.4. The Kier molecular flexibility index (Phi) is 4.79. The monoisotopic (exact) mass is 745 g/mol. The van der Waals surface area contributed by atoms with Crippen molar-refractivity contribution >= 4 is 28.1 Å². The Labute approximate surface area is 274 Å². The number of nitrogens with zero attached hydrogens (tertiary/aromatic N) is 3. The van der Waals surface area contributed by atoms with E-state index in [1.54, 1.807) is 30.5 Å². The van der Waals surface area contributed by atoms with Gasteiger partial charge in [-0.3, -0.25) is 4.98 Å². The van der Waals surface area contributed by atoms with Gasteiger partial charge in [0, 0.05) is 52.0 Å². The summed E-state index contributed by atoms with van der Waals surface area (Å²) in [5, 5.41) is 11.5. The van der Waals surface area contributed by atoms with Crippen LogP contribution in [0.2, 0.25) is 0 Å². The number of benzene rings is 4. The Bertz CT molecular complexity index is 2270. The van der Waals surface area contributed by atoms with Crippen LogP contribution in [0.15, 0.2) is 103 Å². The average molecular weight is 746 g/mol. The molecule has 4 nitrogen and oxygen atoms in total. The van der Waals surface area contributed by atoms with Gasteiger partial charge in [0.2, 0.25) is 0 Å². The quantitative estimate of drug-likeness (QED) is 0.180. The second kappa shape index (κ2) is 9.62. The van der Waals surface area contributed by atoms with Gasteiger partial charge in [0.05, 0.1) is 0 Å². The number of fused-ring (bicyclic) bond motifs is 4. The zero-order valence-corrected chi connectivity index (χ0v) is 25.7. The average Bonchev–Trinajstić information content (AvgIpc) is 3.05. The summed E-state index contributed by atoms with van der Waals surface area (Å²) in [6.07, 6.45) is 1.76. The number of anilines is 3. The number of para-hydroxylation sites is 1. The number of phenols is 1. The molecule has 0 fully saturated rings. The molecule has 0 spiro atoms. The topological polar surface area (TPSA) is 49.2 Å². The van der Waals surface area contributed by atoms with Crippen LogP contribution in [-0.2, 0) is 31.9 Å². The summed E-state index contributed by atoms with van der Waals surface area (Å²) in [6, 6.07) is 33.1. The fourth-order valence-electron chi connectivity index (χ4n) is 6.68. The normalized spacial score (nSPS) is 17.9. The summed E-state index contributed by atoms with van der Waals surface area (Å²) in [4.78, 5) is 11.7. The summed E-state index contributed by atoms with van der Waals surface area (Å²) in [7, 11) is 0. The molecule has 0 unspecified atom stereocenters. The van der Waals surface area contributed by atoms with E-state index in [0.29, 0.717) is 27.8 Å². The van der Waals surface area contributed by atoms with E-state index in [0.717, 1.165) is 28.3 Å². The van der Waals surface area contributed by atoms with E-state index in [1.165, 1.54) is 12.1 Å². The summed E-state index contributed by atoms with van der Waals surface area (Å²) in [6.45, 7) is -1.52. The molecule has 6 aromatic rings. The van der Waals surface area contributed by atoms with Gasteiger partial charge in [0.25, 0.3) is 0 Å². The van der Waals surface area contributed by atoms with Crippen molar-refractivity contribution in [3.63, 3.8) is 0 Å². The van der Waals surface area contributed by atoms with Gasteiger partial charge in [-0.2, -0.15) is 0 Å². The molecule has 8 rings (SSSR count). The third-order valence-corrected chi connectivity index (χ3v) is 8.76. The Morgan fingerprint density at radius 3 is 2.30 bits per heavy atom. The first-order chi connectivity index (χ1) is 22.8. The second-order valence-corrected chi connectivity index (χ2v) is 11.5. The SMILES string of the molecule is [2H]C([2H])([2H])C1(C([2H])([2H])[2H])c2ccccc2-c2cc(-c3[c-]c4c(cc3)C(C)(C)c3ccccc3N4c3ccccn3)nc3c(O)ccc1c23.[Pt]. The summed E-state index contributed by atoms with van der Waals surface area (Å²) >= 11 is 0. The molecule has 0 atom stereocenters. The molecule has 3 heterocycles. The molecule has 0 amide bonds. The van der Waals surface area contributed by atoms with E-state index < -0.39 is 19.1 Å². The fraction of sp³-hybridized carbons (Fsp3) is 0.158. The van der Waals surface area contributed by atoms with Crippen LogP contribution < -0.4 is 4.90 Å². The third-order valence-electron chi connectivity index (χ3n) is 8.76. The van der Waals surface area contributed by atoms with Crippen molar-refractivity contribution < 1.29 is 34.4 Å². The van der Waals surface area contributed by atoms with Gasteiger partial charge in [0.15, 0.2) is 0 Å². The molecule has 2 aromatic heterocycles. The smallest absolute Gasteiger partial charge is 0.140 e. The maximum absolute atomic E-state index is 11.2. The van der Waals surface area contributed by atoms with Crippen molar-refractivity contribution in [1.29, 1.82) is 0 Å². The molecule has 43 heavy (non-hydrogen) atoms.